The lowest BCUT2D eigenvalue weighted by molar-refractivity contribution is -0.127. The van der Waals surface area contributed by atoms with Gasteiger partial charge < -0.3 is 14.1 Å². The van der Waals surface area contributed by atoms with E-state index >= 15 is 0 Å². The van der Waals surface area contributed by atoms with Gasteiger partial charge in [-0.2, -0.15) is 0 Å². The standard InChI is InChI=1S/C18H20N4O3S/c1-12-4-7-15(25-12)10-22(2)16(23)11-26-18-19-17(20-21-18)13-5-8-14(24-3)9-6-13/h4-9H,10-11H2,1-3H3,(H,19,20,21). The lowest BCUT2D eigenvalue weighted by Crippen LogP contribution is -2.27. The monoisotopic (exact) mass is 372 g/mol. The Morgan fingerprint density at radius 1 is 1.27 bits per heavy atom. The molecule has 136 valence electrons. The number of aromatic nitrogens is 3. The van der Waals surface area contributed by atoms with Crippen molar-refractivity contribution >= 4 is 17.7 Å². The molecule has 2 heterocycles. The second-order valence-electron chi connectivity index (χ2n) is 5.75. The normalized spacial score (nSPS) is 10.7. The first-order valence-electron chi connectivity index (χ1n) is 8.04. The van der Waals surface area contributed by atoms with Gasteiger partial charge in [0.15, 0.2) is 5.82 Å². The van der Waals surface area contributed by atoms with Gasteiger partial charge >= 0.3 is 0 Å². The van der Waals surface area contributed by atoms with Crippen LogP contribution in [0.15, 0.2) is 46.0 Å². The number of benzene rings is 1. The molecule has 0 aliphatic rings. The molecule has 0 aliphatic heterocycles. The molecule has 0 bridgehead atoms. The molecule has 7 nitrogen and oxygen atoms in total. The summed E-state index contributed by atoms with van der Waals surface area (Å²) in [7, 11) is 3.38. The predicted octanol–water partition coefficient (Wildman–Crippen LogP) is 3.13. The molecule has 1 N–H and O–H groups in total. The van der Waals surface area contributed by atoms with Crippen LogP contribution in [0, 0.1) is 6.92 Å². The topological polar surface area (TPSA) is 84.2 Å². The summed E-state index contributed by atoms with van der Waals surface area (Å²) in [5.74, 6) is 3.28. The van der Waals surface area contributed by atoms with E-state index in [1.807, 2.05) is 43.3 Å². The first kappa shape index (κ1) is 18.1. The van der Waals surface area contributed by atoms with E-state index in [4.69, 9.17) is 9.15 Å². The molecule has 3 aromatic rings. The second kappa shape index (κ2) is 8.09. The number of carbonyl (C=O) groups excluding carboxylic acids is 1. The van der Waals surface area contributed by atoms with Crippen LogP contribution in [0.25, 0.3) is 11.4 Å². The van der Waals surface area contributed by atoms with E-state index in [2.05, 4.69) is 15.2 Å². The van der Waals surface area contributed by atoms with Crippen LogP contribution in [0.3, 0.4) is 0 Å². The molecule has 0 saturated heterocycles. The van der Waals surface area contributed by atoms with Crippen LogP contribution in [-0.4, -0.2) is 45.9 Å². The molecule has 0 saturated carbocycles. The first-order valence-corrected chi connectivity index (χ1v) is 9.02. The first-order chi connectivity index (χ1) is 12.5. The van der Waals surface area contributed by atoms with E-state index in [1.165, 1.54) is 11.8 Å². The fraction of sp³-hybridized carbons (Fsp3) is 0.278. The Hall–Kier alpha value is -2.74. The Labute approximate surface area is 155 Å². The molecule has 0 atom stereocenters. The third kappa shape index (κ3) is 4.45. The number of rotatable bonds is 7. The highest BCUT2D eigenvalue weighted by molar-refractivity contribution is 7.99. The van der Waals surface area contributed by atoms with Crippen LogP contribution in [0.4, 0.5) is 0 Å². The third-order valence-corrected chi connectivity index (χ3v) is 4.60. The van der Waals surface area contributed by atoms with Crippen LogP contribution in [-0.2, 0) is 11.3 Å². The van der Waals surface area contributed by atoms with Gasteiger partial charge in [0.05, 0.1) is 19.4 Å². The van der Waals surface area contributed by atoms with Crippen molar-refractivity contribution in [1.82, 2.24) is 20.1 Å². The smallest absolute Gasteiger partial charge is 0.233 e. The Morgan fingerprint density at radius 3 is 2.69 bits per heavy atom. The average molecular weight is 372 g/mol. The van der Waals surface area contributed by atoms with Gasteiger partial charge in [-0.25, -0.2) is 4.98 Å². The van der Waals surface area contributed by atoms with E-state index in [9.17, 15) is 4.79 Å². The average Bonchev–Trinajstić information content (AvgIpc) is 3.28. The minimum Gasteiger partial charge on any atom is -0.497 e. The number of nitrogens with one attached hydrogen (secondary N) is 1. The van der Waals surface area contributed by atoms with Crippen LogP contribution < -0.4 is 4.74 Å². The zero-order valence-corrected chi connectivity index (χ0v) is 15.7. The number of ether oxygens (including phenoxy) is 1. The summed E-state index contributed by atoms with van der Waals surface area (Å²) in [5, 5.41) is 7.59. The molecule has 0 unspecified atom stereocenters. The third-order valence-electron chi connectivity index (χ3n) is 3.77. The lowest BCUT2D eigenvalue weighted by Gasteiger charge is -2.14. The van der Waals surface area contributed by atoms with Gasteiger partial charge in [-0.3, -0.25) is 9.89 Å². The maximum atomic E-state index is 12.3. The molecule has 26 heavy (non-hydrogen) atoms. The van der Waals surface area contributed by atoms with Crippen molar-refractivity contribution in [3.63, 3.8) is 0 Å². The van der Waals surface area contributed by atoms with Gasteiger partial charge in [0.25, 0.3) is 0 Å². The molecule has 0 aliphatic carbocycles. The molecule has 1 aromatic carbocycles. The number of carbonyl (C=O) groups is 1. The van der Waals surface area contributed by atoms with Crippen LogP contribution in [0.5, 0.6) is 5.75 Å². The summed E-state index contributed by atoms with van der Waals surface area (Å²) in [6, 6.07) is 11.3. The van der Waals surface area contributed by atoms with Crippen molar-refractivity contribution < 1.29 is 13.9 Å². The van der Waals surface area contributed by atoms with Gasteiger partial charge in [0.1, 0.15) is 17.3 Å². The number of methoxy groups -OCH3 is 1. The Kier molecular flexibility index (Phi) is 5.62. The van der Waals surface area contributed by atoms with Crippen molar-refractivity contribution in [1.29, 1.82) is 0 Å². The number of hydrogen-bond acceptors (Lipinski definition) is 6. The van der Waals surface area contributed by atoms with E-state index in [1.54, 1.807) is 19.1 Å². The van der Waals surface area contributed by atoms with Gasteiger partial charge in [0, 0.05) is 12.6 Å². The largest absolute Gasteiger partial charge is 0.497 e. The second-order valence-corrected chi connectivity index (χ2v) is 6.69. The number of aromatic amines is 1. The van der Waals surface area contributed by atoms with E-state index in [0.29, 0.717) is 17.5 Å². The van der Waals surface area contributed by atoms with Crippen molar-refractivity contribution in [2.24, 2.45) is 0 Å². The highest BCUT2D eigenvalue weighted by Gasteiger charge is 2.14. The van der Waals surface area contributed by atoms with Gasteiger partial charge in [-0.1, -0.05) is 11.8 Å². The van der Waals surface area contributed by atoms with E-state index in [0.717, 1.165) is 22.8 Å². The van der Waals surface area contributed by atoms with Gasteiger partial charge in [0.2, 0.25) is 11.1 Å². The van der Waals surface area contributed by atoms with E-state index < -0.39 is 0 Å². The Bertz CT molecular complexity index is 873. The number of thioether (sulfide) groups is 1. The Morgan fingerprint density at radius 2 is 2.04 bits per heavy atom. The molecule has 0 radical (unpaired) electrons. The fourth-order valence-corrected chi connectivity index (χ4v) is 3.06. The van der Waals surface area contributed by atoms with Crippen molar-refractivity contribution in [3.8, 4) is 17.1 Å². The predicted molar refractivity (Wildman–Crippen MR) is 99.0 cm³/mol. The minimum absolute atomic E-state index is 0.0140. The number of amides is 1. The maximum absolute atomic E-state index is 12.3. The van der Waals surface area contributed by atoms with Crippen molar-refractivity contribution in [2.75, 3.05) is 19.9 Å². The number of hydrogen-bond donors (Lipinski definition) is 1. The molecular weight excluding hydrogens is 352 g/mol. The molecule has 1 amide bonds. The summed E-state index contributed by atoms with van der Waals surface area (Å²) in [6.45, 7) is 2.32. The number of furan rings is 1. The summed E-state index contributed by atoms with van der Waals surface area (Å²) in [6.07, 6.45) is 0. The van der Waals surface area contributed by atoms with Crippen LogP contribution >= 0.6 is 11.8 Å². The zero-order chi connectivity index (χ0) is 18.5. The van der Waals surface area contributed by atoms with E-state index in [-0.39, 0.29) is 11.7 Å². The molecule has 0 fully saturated rings. The zero-order valence-electron chi connectivity index (χ0n) is 14.9. The van der Waals surface area contributed by atoms with Crippen molar-refractivity contribution in [3.05, 3.63) is 47.9 Å². The summed E-state index contributed by atoms with van der Waals surface area (Å²) < 4.78 is 10.6. The molecule has 8 heteroatoms. The Balaban J connectivity index is 1.54. The van der Waals surface area contributed by atoms with Gasteiger partial charge in [-0.05, 0) is 43.3 Å². The summed E-state index contributed by atoms with van der Waals surface area (Å²) in [5.41, 5.74) is 0.904. The van der Waals surface area contributed by atoms with Crippen LogP contribution in [0.1, 0.15) is 11.5 Å². The summed E-state index contributed by atoms with van der Waals surface area (Å²) >= 11 is 1.30. The highest BCUT2D eigenvalue weighted by atomic mass is 32.2. The molecule has 0 spiro atoms. The maximum Gasteiger partial charge on any atom is 0.233 e. The highest BCUT2D eigenvalue weighted by Crippen LogP contribution is 2.22. The van der Waals surface area contributed by atoms with Gasteiger partial charge in [-0.15, -0.1) is 5.10 Å². The SMILES string of the molecule is COc1ccc(-c2nc(SCC(=O)N(C)Cc3ccc(C)o3)n[nH]2)cc1. The molecule has 3 rings (SSSR count). The lowest BCUT2D eigenvalue weighted by atomic mass is 10.2. The molecular formula is C18H20N4O3S. The fourth-order valence-electron chi connectivity index (χ4n) is 2.32. The number of nitrogens with zero attached hydrogens (tertiary/aromatic N) is 3. The number of aryl methyl sites for hydroxylation is 1. The number of H-pyrrole nitrogens is 1. The summed E-state index contributed by atoms with van der Waals surface area (Å²) in [4.78, 5) is 18.3. The van der Waals surface area contributed by atoms with Crippen molar-refractivity contribution in [2.45, 2.75) is 18.6 Å². The minimum atomic E-state index is -0.0140. The van der Waals surface area contributed by atoms with Crippen LogP contribution in [0.2, 0.25) is 0 Å². The quantitative estimate of drug-likeness (QED) is 0.642. The molecule has 2 aromatic heterocycles.